The third-order valence-electron chi connectivity index (χ3n) is 2.76. The average Bonchev–Trinajstić information content (AvgIpc) is 2.55. The number of ether oxygens (including phenoxy) is 4. The van der Waals surface area contributed by atoms with Crippen molar-refractivity contribution < 1.29 is 18.9 Å². The van der Waals surface area contributed by atoms with Crippen LogP contribution in [0.3, 0.4) is 0 Å². The van der Waals surface area contributed by atoms with E-state index < -0.39 is 5.79 Å². The summed E-state index contributed by atoms with van der Waals surface area (Å²) in [6.07, 6.45) is 0.649. The number of hydrogen-bond acceptors (Lipinski definition) is 4. The van der Waals surface area contributed by atoms with Gasteiger partial charge in [-0.25, -0.2) is 0 Å². The molecule has 2 aliphatic rings. The number of methoxy groups -OCH3 is 1. The lowest BCUT2D eigenvalue weighted by molar-refractivity contribution is -0.216. The fourth-order valence-corrected chi connectivity index (χ4v) is 2.16. The molecule has 4 heteroatoms. The highest BCUT2D eigenvalue weighted by atomic mass is 16.8. The second kappa shape index (κ2) is 3.45. The summed E-state index contributed by atoms with van der Waals surface area (Å²) in [7, 11) is 1.69. The van der Waals surface area contributed by atoms with E-state index in [1.54, 1.807) is 7.11 Å². The molecule has 2 aliphatic heterocycles. The van der Waals surface area contributed by atoms with Gasteiger partial charge in [-0.05, 0) is 20.3 Å². The van der Waals surface area contributed by atoms with E-state index in [4.69, 9.17) is 18.9 Å². The summed E-state index contributed by atoms with van der Waals surface area (Å²) in [6.45, 7) is 5.85. The van der Waals surface area contributed by atoms with Gasteiger partial charge in [0.15, 0.2) is 12.1 Å². The molecule has 0 aliphatic carbocycles. The predicted molar refractivity (Wildman–Crippen MR) is 49.8 cm³/mol. The molecular formula is C10H18O4. The van der Waals surface area contributed by atoms with Crippen molar-refractivity contribution in [1.82, 2.24) is 0 Å². The van der Waals surface area contributed by atoms with Gasteiger partial charge in [0, 0.05) is 7.11 Å². The van der Waals surface area contributed by atoms with Crippen LogP contribution in [0.25, 0.3) is 0 Å². The highest BCUT2D eigenvalue weighted by molar-refractivity contribution is 4.93. The van der Waals surface area contributed by atoms with Gasteiger partial charge in [0.1, 0.15) is 12.2 Å². The molecule has 0 aromatic heterocycles. The molecule has 0 unspecified atom stereocenters. The first-order valence-corrected chi connectivity index (χ1v) is 5.11. The Morgan fingerprint density at radius 3 is 2.57 bits per heavy atom. The van der Waals surface area contributed by atoms with Crippen LogP contribution in [-0.4, -0.2) is 37.5 Å². The highest BCUT2D eigenvalue weighted by Crippen LogP contribution is 2.39. The van der Waals surface area contributed by atoms with Crippen molar-refractivity contribution >= 4 is 0 Å². The molecule has 14 heavy (non-hydrogen) atoms. The minimum Gasteiger partial charge on any atom is -0.376 e. The molecule has 2 heterocycles. The maximum absolute atomic E-state index is 5.74. The lowest BCUT2D eigenvalue weighted by atomic mass is 10.1. The average molecular weight is 202 g/mol. The molecule has 0 saturated carbocycles. The third kappa shape index (κ3) is 1.56. The van der Waals surface area contributed by atoms with Crippen molar-refractivity contribution in [1.29, 1.82) is 0 Å². The van der Waals surface area contributed by atoms with Crippen LogP contribution in [0.1, 0.15) is 27.2 Å². The fourth-order valence-electron chi connectivity index (χ4n) is 2.16. The topological polar surface area (TPSA) is 36.9 Å². The molecule has 2 saturated heterocycles. The van der Waals surface area contributed by atoms with Crippen molar-refractivity contribution in [3.05, 3.63) is 0 Å². The van der Waals surface area contributed by atoms with Crippen LogP contribution in [-0.2, 0) is 18.9 Å². The first-order chi connectivity index (χ1) is 6.57. The lowest BCUT2D eigenvalue weighted by Gasteiger charge is -2.24. The van der Waals surface area contributed by atoms with E-state index in [0.29, 0.717) is 0 Å². The summed E-state index contributed by atoms with van der Waals surface area (Å²) in [5, 5.41) is 0. The molecule has 4 nitrogen and oxygen atoms in total. The van der Waals surface area contributed by atoms with Crippen molar-refractivity contribution in [2.24, 2.45) is 0 Å². The number of hydrogen-bond donors (Lipinski definition) is 0. The quantitative estimate of drug-likeness (QED) is 0.676. The van der Waals surface area contributed by atoms with E-state index in [1.165, 1.54) is 0 Å². The van der Waals surface area contributed by atoms with Crippen molar-refractivity contribution in [3.8, 4) is 0 Å². The van der Waals surface area contributed by atoms with Gasteiger partial charge in [-0.3, -0.25) is 0 Å². The van der Waals surface area contributed by atoms with E-state index in [0.717, 1.165) is 6.42 Å². The van der Waals surface area contributed by atoms with Crippen LogP contribution >= 0.6 is 0 Å². The first-order valence-electron chi connectivity index (χ1n) is 5.11. The van der Waals surface area contributed by atoms with Gasteiger partial charge in [-0.15, -0.1) is 0 Å². The van der Waals surface area contributed by atoms with Gasteiger partial charge in [0.2, 0.25) is 0 Å². The first kappa shape index (κ1) is 10.4. The number of fused-ring (bicyclic) bond motifs is 1. The van der Waals surface area contributed by atoms with Gasteiger partial charge < -0.3 is 18.9 Å². The van der Waals surface area contributed by atoms with Gasteiger partial charge in [-0.2, -0.15) is 0 Å². The summed E-state index contributed by atoms with van der Waals surface area (Å²) >= 11 is 0. The lowest BCUT2D eigenvalue weighted by Crippen LogP contribution is -2.35. The summed E-state index contributed by atoms with van der Waals surface area (Å²) in [5.74, 6) is -0.551. The van der Waals surface area contributed by atoms with Crippen molar-refractivity contribution in [2.45, 2.75) is 57.6 Å². The summed E-state index contributed by atoms with van der Waals surface area (Å²) in [5.41, 5.74) is 0. The van der Waals surface area contributed by atoms with Crippen molar-refractivity contribution in [3.63, 3.8) is 0 Å². The minimum atomic E-state index is -0.551. The second-order valence-electron chi connectivity index (χ2n) is 4.25. The zero-order chi connectivity index (χ0) is 10.3. The standard InChI is InChI=1S/C10H18O4/c1-5-6-7(11-4)8-9(12-6)14-10(2,3)13-8/h6-9H,5H2,1-4H3/t6-,7-,8-,9-/m1/s1. The minimum absolute atomic E-state index is 0.00762. The zero-order valence-electron chi connectivity index (χ0n) is 9.15. The molecule has 0 bridgehead atoms. The maximum atomic E-state index is 5.74. The molecule has 0 N–H and O–H groups in total. The Hall–Kier alpha value is -0.160. The molecule has 0 aromatic carbocycles. The van der Waals surface area contributed by atoms with E-state index in [2.05, 4.69) is 6.92 Å². The summed E-state index contributed by atoms with van der Waals surface area (Å²) in [6, 6.07) is 0. The Kier molecular flexibility index (Phi) is 2.55. The molecule has 2 fully saturated rings. The van der Waals surface area contributed by atoms with E-state index in [9.17, 15) is 0 Å². The fraction of sp³-hybridized carbons (Fsp3) is 1.00. The third-order valence-corrected chi connectivity index (χ3v) is 2.76. The Balaban J connectivity index is 2.09. The maximum Gasteiger partial charge on any atom is 0.190 e. The second-order valence-corrected chi connectivity index (χ2v) is 4.25. The highest BCUT2D eigenvalue weighted by Gasteiger charge is 2.54. The molecule has 0 spiro atoms. The molecular weight excluding hydrogens is 184 g/mol. The molecule has 0 radical (unpaired) electrons. The van der Waals surface area contributed by atoms with E-state index in [1.807, 2.05) is 13.8 Å². The molecule has 2 rings (SSSR count). The number of rotatable bonds is 2. The summed E-state index contributed by atoms with van der Waals surface area (Å²) in [4.78, 5) is 0. The van der Waals surface area contributed by atoms with Crippen molar-refractivity contribution in [2.75, 3.05) is 7.11 Å². The van der Waals surface area contributed by atoms with Crippen LogP contribution in [0.2, 0.25) is 0 Å². The van der Waals surface area contributed by atoms with E-state index >= 15 is 0 Å². The molecule has 0 amide bonds. The molecule has 4 atom stereocenters. The van der Waals surface area contributed by atoms with Crippen LogP contribution in [0.4, 0.5) is 0 Å². The van der Waals surface area contributed by atoms with Crippen LogP contribution < -0.4 is 0 Å². The van der Waals surface area contributed by atoms with Crippen LogP contribution in [0.15, 0.2) is 0 Å². The van der Waals surface area contributed by atoms with Crippen LogP contribution in [0, 0.1) is 0 Å². The smallest absolute Gasteiger partial charge is 0.190 e. The van der Waals surface area contributed by atoms with Gasteiger partial charge in [0.05, 0.1) is 6.10 Å². The zero-order valence-corrected chi connectivity index (χ0v) is 9.15. The summed E-state index contributed by atoms with van der Waals surface area (Å²) < 4.78 is 22.4. The van der Waals surface area contributed by atoms with Crippen LogP contribution in [0.5, 0.6) is 0 Å². The predicted octanol–water partition coefficient (Wildman–Crippen LogP) is 1.29. The Bertz CT molecular complexity index is 216. The SMILES string of the molecule is CC[C@H]1O[C@@H]2OC(C)(C)O[C@@H]2[C@@H]1OC. The Morgan fingerprint density at radius 1 is 1.29 bits per heavy atom. The van der Waals surface area contributed by atoms with Gasteiger partial charge >= 0.3 is 0 Å². The largest absolute Gasteiger partial charge is 0.376 e. The molecule has 0 aromatic rings. The van der Waals surface area contributed by atoms with E-state index in [-0.39, 0.29) is 24.6 Å². The van der Waals surface area contributed by atoms with Gasteiger partial charge in [-0.1, -0.05) is 6.92 Å². The normalized spacial score (nSPS) is 45.4. The Labute approximate surface area is 84.5 Å². The monoisotopic (exact) mass is 202 g/mol. The van der Waals surface area contributed by atoms with Gasteiger partial charge in [0.25, 0.3) is 0 Å². The Morgan fingerprint density at radius 2 is 2.00 bits per heavy atom. The molecule has 82 valence electrons.